The Bertz CT molecular complexity index is 861. The third kappa shape index (κ3) is 2.88. The number of aryl methyl sites for hydroxylation is 2. The van der Waals surface area contributed by atoms with E-state index in [4.69, 9.17) is 4.74 Å². The minimum atomic E-state index is 0.0232. The number of nitrogens with zero attached hydrogens (tertiary/aromatic N) is 4. The van der Waals surface area contributed by atoms with Gasteiger partial charge in [-0.1, -0.05) is 17.7 Å². The van der Waals surface area contributed by atoms with Gasteiger partial charge in [0.15, 0.2) is 5.65 Å². The Morgan fingerprint density at radius 1 is 1.30 bits per heavy atom. The van der Waals surface area contributed by atoms with Crippen LogP contribution >= 0.6 is 15.9 Å². The number of fused-ring (bicyclic) bond motifs is 1. The number of benzene rings is 1. The van der Waals surface area contributed by atoms with E-state index in [0.29, 0.717) is 0 Å². The minimum absolute atomic E-state index is 0.0232. The minimum Gasteiger partial charge on any atom is -0.496 e. The van der Waals surface area contributed by atoms with Gasteiger partial charge in [-0.15, -0.1) is 0 Å². The van der Waals surface area contributed by atoms with Crippen LogP contribution in [0.3, 0.4) is 0 Å². The molecule has 1 aromatic carbocycles. The van der Waals surface area contributed by atoms with Gasteiger partial charge in [-0.3, -0.25) is 0 Å². The zero-order chi connectivity index (χ0) is 16.6. The molecule has 2 aromatic heterocycles. The van der Waals surface area contributed by atoms with Crippen molar-refractivity contribution < 1.29 is 4.74 Å². The lowest BCUT2D eigenvalue weighted by Crippen LogP contribution is -2.10. The van der Waals surface area contributed by atoms with Gasteiger partial charge in [0.1, 0.15) is 22.5 Å². The Balaban J connectivity index is 2.01. The Morgan fingerprint density at radius 3 is 2.83 bits per heavy atom. The quantitative estimate of drug-likeness (QED) is 0.754. The third-order valence-corrected chi connectivity index (χ3v) is 4.34. The zero-order valence-electron chi connectivity index (χ0n) is 13.5. The summed E-state index contributed by atoms with van der Waals surface area (Å²) < 4.78 is 7.93. The standard InChI is InChI=1S/C16H18BrN5O/c1-9-5-6-12(23-4)11(7-9)10(2)20-15-13-14(17)21-22(3)16(13)19-8-18-15/h5-8,10H,1-4H3,(H,18,19,20). The zero-order valence-corrected chi connectivity index (χ0v) is 15.0. The van der Waals surface area contributed by atoms with Gasteiger partial charge in [0.2, 0.25) is 0 Å². The first-order valence-corrected chi connectivity index (χ1v) is 8.05. The monoisotopic (exact) mass is 375 g/mol. The Morgan fingerprint density at radius 2 is 2.09 bits per heavy atom. The highest BCUT2D eigenvalue weighted by molar-refractivity contribution is 9.10. The van der Waals surface area contributed by atoms with E-state index in [1.807, 2.05) is 19.2 Å². The molecule has 0 aliphatic carbocycles. The second kappa shape index (κ2) is 6.16. The largest absolute Gasteiger partial charge is 0.496 e. The summed E-state index contributed by atoms with van der Waals surface area (Å²) >= 11 is 3.48. The van der Waals surface area contributed by atoms with Gasteiger partial charge in [-0.2, -0.15) is 5.10 Å². The van der Waals surface area contributed by atoms with Crippen molar-refractivity contribution in [2.24, 2.45) is 7.05 Å². The first-order valence-electron chi connectivity index (χ1n) is 7.25. The van der Waals surface area contributed by atoms with E-state index >= 15 is 0 Å². The third-order valence-electron chi connectivity index (χ3n) is 3.78. The number of hydrogen-bond acceptors (Lipinski definition) is 5. The molecule has 3 rings (SSSR count). The highest BCUT2D eigenvalue weighted by Gasteiger charge is 2.17. The predicted octanol–water partition coefficient (Wildman–Crippen LogP) is 3.62. The number of nitrogens with one attached hydrogen (secondary N) is 1. The van der Waals surface area contributed by atoms with Gasteiger partial charge in [-0.25, -0.2) is 14.6 Å². The topological polar surface area (TPSA) is 64.9 Å². The van der Waals surface area contributed by atoms with Crippen LogP contribution in [0.2, 0.25) is 0 Å². The molecule has 0 spiro atoms. The van der Waals surface area contributed by atoms with E-state index in [1.54, 1.807) is 18.1 Å². The Labute approximate surface area is 143 Å². The van der Waals surface area contributed by atoms with E-state index in [0.717, 1.165) is 32.8 Å². The van der Waals surface area contributed by atoms with Crippen LogP contribution in [0.25, 0.3) is 11.0 Å². The second-order valence-electron chi connectivity index (χ2n) is 5.45. The van der Waals surface area contributed by atoms with Crippen LogP contribution in [0.1, 0.15) is 24.1 Å². The van der Waals surface area contributed by atoms with Crippen LogP contribution < -0.4 is 10.1 Å². The summed E-state index contributed by atoms with van der Waals surface area (Å²) in [6.07, 6.45) is 1.54. The summed E-state index contributed by atoms with van der Waals surface area (Å²) in [7, 11) is 3.54. The molecule has 0 amide bonds. The van der Waals surface area contributed by atoms with Crippen molar-refractivity contribution in [3.8, 4) is 5.75 Å². The van der Waals surface area contributed by atoms with E-state index in [1.165, 1.54) is 5.56 Å². The number of rotatable bonds is 4. The number of anilines is 1. The number of hydrogen-bond donors (Lipinski definition) is 1. The number of ether oxygens (including phenoxy) is 1. The lowest BCUT2D eigenvalue weighted by Gasteiger charge is -2.18. The molecule has 0 saturated carbocycles. The lowest BCUT2D eigenvalue weighted by molar-refractivity contribution is 0.408. The predicted molar refractivity (Wildman–Crippen MR) is 93.8 cm³/mol. The molecule has 0 saturated heterocycles. The van der Waals surface area contributed by atoms with Crippen molar-refractivity contribution in [2.75, 3.05) is 12.4 Å². The molecule has 23 heavy (non-hydrogen) atoms. The molecule has 120 valence electrons. The summed E-state index contributed by atoms with van der Waals surface area (Å²) in [4.78, 5) is 8.66. The molecule has 0 aliphatic rings. The molecule has 0 bridgehead atoms. The van der Waals surface area contributed by atoms with Crippen LogP contribution in [-0.4, -0.2) is 26.9 Å². The fourth-order valence-electron chi connectivity index (χ4n) is 2.63. The SMILES string of the molecule is COc1ccc(C)cc1C(C)Nc1ncnc2c1c(Br)nn2C. The highest BCUT2D eigenvalue weighted by atomic mass is 79.9. The molecular weight excluding hydrogens is 358 g/mol. The van der Waals surface area contributed by atoms with Gasteiger partial charge in [0, 0.05) is 12.6 Å². The van der Waals surface area contributed by atoms with Crippen molar-refractivity contribution >= 4 is 32.8 Å². The van der Waals surface area contributed by atoms with Gasteiger partial charge in [-0.05, 0) is 35.8 Å². The average Bonchev–Trinajstić information content (AvgIpc) is 2.83. The van der Waals surface area contributed by atoms with Crippen molar-refractivity contribution in [2.45, 2.75) is 19.9 Å². The summed E-state index contributed by atoms with van der Waals surface area (Å²) in [6.45, 7) is 4.14. The molecular formula is C16H18BrN5O. The van der Waals surface area contributed by atoms with Crippen LogP contribution in [0.15, 0.2) is 29.1 Å². The van der Waals surface area contributed by atoms with E-state index < -0.39 is 0 Å². The smallest absolute Gasteiger partial charge is 0.164 e. The van der Waals surface area contributed by atoms with Crippen molar-refractivity contribution in [3.63, 3.8) is 0 Å². The van der Waals surface area contributed by atoms with Crippen LogP contribution in [-0.2, 0) is 7.05 Å². The maximum absolute atomic E-state index is 5.48. The molecule has 6 nitrogen and oxygen atoms in total. The fraction of sp³-hybridized carbons (Fsp3) is 0.312. The van der Waals surface area contributed by atoms with E-state index in [2.05, 4.69) is 56.2 Å². The number of aromatic nitrogens is 4. The van der Waals surface area contributed by atoms with Crippen LogP contribution in [0.4, 0.5) is 5.82 Å². The van der Waals surface area contributed by atoms with Crippen molar-refractivity contribution in [3.05, 3.63) is 40.3 Å². The highest BCUT2D eigenvalue weighted by Crippen LogP contribution is 2.32. The normalized spacial score (nSPS) is 12.4. The van der Waals surface area contributed by atoms with Gasteiger partial charge in [0.05, 0.1) is 18.5 Å². The van der Waals surface area contributed by atoms with Gasteiger partial charge < -0.3 is 10.1 Å². The molecule has 3 aromatic rings. The van der Waals surface area contributed by atoms with Crippen LogP contribution in [0.5, 0.6) is 5.75 Å². The Hall–Kier alpha value is -2.15. The van der Waals surface area contributed by atoms with Gasteiger partial charge in [0.25, 0.3) is 0 Å². The van der Waals surface area contributed by atoms with Crippen molar-refractivity contribution in [1.29, 1.82) is 0 Å². The molecule has 0 aliphatic heterocycles. The van der Waals surface area contributed by atoms with E-state index in [9.17, 15) is 0 Å². The summed E-state index contributed by atoms with van der Waals surface area (Å²) in [5.74, 6) is 1.59. The molecule has 1 N–H and O–H groups in total. The maximum atomic E-state index is 5.48. The number of methoxy groups -OCH3 is 1. The molecule has 1 unspecified atom stereocenters. The molecule has 2 heterocycles. The van der Waals surface area contributed by atoms with Gasteiger partial charge >= 0.3 is 0 Å². The fourth-order valence-corrected chi connectivity index (χ4v) is 3.23. The molecule has 0 fully saturated rings. The average molecular weight is 376 g/mol. The first-order chi connectivity index (χ1) is 11.0. The first kappa shape index (κ1) is 15.7. The lowest BCUT2D eigenvalue weighted by atomic mass is 10.0. The molecule has 7 heteroatoms. The Kier molecular flexibility index (Phi) is 4.21. The van der Waals surface area contributed by atoms with Crippen LogP contribution in [0, 0.1) is 6.92 Å². The summed E-state index contributed by atoms with van der Waals surface area (Å²) in [6, 6.07) is 6.16. The van der Waals surface area contributed by atoms with Crippen molar-refractivity contribution in [1.82, 2.24) is 19.7 Å². The van der Waals surface area contributed by atoms with E-state index in [-0.39, 0.29) is 6.04 Å². The molecule has 0 radical (unpaired) electrons. The summed E-state index contributed by atoms with van der Waals surface area (Å²) in [5, 5.41) is 8.66. The molecule has 1 atom stereocenters. The summed E-state index contributed by atoms with van der Waals surface area (Å²) in [5.41, 5.74) is 3.04. The maximum Gasteiger partial charge on any atom is 0.164 e. The second-order valence-corrected chi connectivity index (χ2v) is 6.20. The number of halogens is 1.